The molecule has 0 unspecified atom stereocenters. The maximum atomic E-state index is 11.9. The molecule has 0 aliphatic carbocycles. The van der Waals surface area contributed by atoms with Crippen molar-refractivity contribution in [1.82, 2.24) is 10.6 Å². The van der Waals surface area contributed by atoms with E-state index in [4.69, 9.17) is 4.74 Å². The Morgan fingerprint density at radius 2 is 2.08 bits per heavy atom. The normalized spacial score (nSPS) is 18.7. The fourth-order valence-corrected chi connectivity index (χ4v) is 4.41. The average molecular weight is 355 g/mol. The number of nitrogens with one attached hydrogen (secondary N) is 3. The first-order valence-electron chi connectivity index (χ1n) is 7.50. The molecular weight excluding hydrogens is 334 g/mol. The number of ether oxygens (including phenoxy) is 1. The number of hydrogen-bond donors (Lipinski definition) is 3. The number of anilines is 1. The quantitative estimate of drug-likeness (QED) is 0.716. The van der Waals surface area contributed by atoms with Crippen LogP contribution in [-0.4, -0.2) is 52.6 Å². The Hall–Kier alpha value is -2.29. The van der Waals surface area contributed by atoms with Crippen LogP contribution in [0.2, 0.25) is 0 Å². The van der Waals surface area contributed by atoms with Crippen LogP contribution in [-0.2, 0) is 9.84 Å². The molecule has 3 amide bonds. The Morgan fingerprint density at radius 1 is 1.33 bits per heavy atom. The molecule has 0 bridgehead atoms. The van der Waals surface area contributed by atoms with E-state index < -0.39 is 15.9 Å². The van der Waals surface area contributed by atoms with Crippen molar-refractivity contribution in [2.24, 2.45) is 5.92 Å². The molecule has 132 valence electrons. The average Bonchev–Trinajstić information content (AvgIpc) is 2.91. The third-order valence-electron chi connectivity index (χ3n) is 3.81. The first kappa shape index (κ1) is 18.1. The van der Waals surface area contributed by atoms with Crippen molar-refractivity contribution in [2.75, 3.05) is 37.5 Å². The zero-order valence-electron chi connectivity index (χ0n) is 13.6. The molecule has 9 heteroatoms. The molecule has 0 aromatic heterocycles. The van der Waals surface area contributed by atoms with Crippen molar-refractivity contribution >= 4 is 27.5 Å². The molecule has 1 aromatic carbocycles. The van der Waals surface area contributed by atoms with Crippen molar-refractivity contribution in [2.45, 2.75) is 6.42 Å². The van der Waals surface area contributed by atoms with Crippen LogP contribution in [0.5, 0.6) is 5.75 Å². The zero-order chi connectivity index (χ0) is 17.7. The van der Waals surface area contributed by atoms with E-state index in [9.17, 15) is 18.0 Å². The van der Waals surface area contributed by atoms with Crippen LogP contribution >= 0.6 is 0 Å². The van der Waals surface area contributed by atoms with Gasteiger partial charge in [0.2, 0.25) is 0 Å². The highest BCUT2D eigenvalue weighted by molar-refractivity contribution is 7.91. The summed E-state index contributed by atoms with van der Waals surface area (Å²) in [6.07, 6.45) is 0.561. The van der Waals surface area contributed by atoms with Gasteiger partial charge in [0, 0.05) is 19.3 Å². The highest BCUT2D eigenvalue weighted by Gasteiger charge is 2.27. The van der Waals surface area contributed by atoms with E-state index in [1.165, 1.54) is 20.2 Å². The molecule has 8 nitrogen and oxygen atoms in total. The summed E-state index contributed by atoms with van der Waals surface area (Å²) in [5.41, 5.74) is 0.741. The van der Waals surface area contributed by atoms with Crippen LogP contribution in [0, 0.1) is 5.92 Å². The summed E-state index contributed by atoms with van der Waals surface area (Å²) in [5, 5.41) is 7.78. The summed E-state index contributed by atoms with van der Waals surface area (Å²) >= 11 is 0. The lowest BCUT2D eigenvalue weighted by Gasteiger charge is -2.13. The van der Waals surface area contributed by atoms with Gasteiger partial charge in [-0.25, -0.2) is 13.2 Å². The van der Waals surface area contributed by atoms with E-state index in [-0.39, 0.29) is 23.3 Å². The predicted molar refractivity (Wildman–Crippen MR) is 90.2 cm³/mol. The number of amides is 3. The monoisotopic (exact) mass is 355 g/mol. The summed E-state index contributed by atoms with van der Waals surface area (Å²) in [7, 11) is 0.00173. The number of urea groups is 1. The highest BCUT2D eigenvalue weighted by Crippen LogP contribution is 2.22. The molecule has 24 heavy (non-hydrogen) atoms. The second-order valence-electron chi connectivity index (χ2n) is 5.60. The van der Waals surface area contributed by atoms with Crippen molar-refractivity contribution in [3.8, 4) is 5.75 Å². The Labute approximate surface area is 140 Å². The van der Waals surface area contributed by atoms with Gasteiger partial charge in [0.25, 0.3) is 5.91 Å². The Bertz CT molecular complexity index is 733. The summed E-state index contributed by atoms with van der Waals surface area (Å²) in [5.74, 6) is 0.299. The largest absolute Gasteiger partial charge is 0.496 e. The standard InChI is InChI=1S/C15H21N3O5S/c1-16-14(19)12-7-11(3-4-13(12)23-2)18-15(20)17-8-10-5-6-24(21,22)9-10/h3-4,7,10H,5-6,8-9H2,1-2H3,(H,16,19)(H2,17,18,20)/t10-/m0/s1. The third kappa shape index (κ3) is 4.60. The number of rotatable bonds is 5. The van der Waals surface area contributed by atoms with E-state index in [0.29, 0.717) is 30.0 Å². The predicted octanol–water partition coefficient (Wildman–Crippen LogP) is 0.611. The SMILES string of the molecule is CNC(=O)c1cc(NC(=O)NC[C@@H]2CCS(=O)(=O)C2)ccc1OC. The second kappa shape index (κ2) is 7.52. The molecule has 0 spiro atoms. The van der Waals surface area contributed by atoms with Crippen LogP contribution in [0.1, 0.15) is 16.8 Å². The van der Waals surface area contributed by atoms with Crippen molar-refractivity contribution in [3.05, 3.63) is 23.8 Å². The number of sulfone groups is 1. The van der Waals surface area contributed by atoms with Gasteiger partial charge in [-0.2, -0.15) is 0 Å². The lowest BCUT2D eigenvalue weighted by atomic mass is 10.1. The smallest absolute Gasteiger partial charge is 0.319 e. The minimum Gasteiger partial charge on any atom is -0.496 e. The number of hydrogen-bond acceptors (Lipinski definition) is 5. The van der Waals surface area contributed by atoms with Crippen LogP contribution in [0.3, 0.4) is 0 Å². The number of methoxy groups -OCH3 is 1. The van der Waals surface area contributed by atoms with Gasteiger partial charge in [0.05, 0.1) is 24.2 Å². The van der Waals surface area contributed by atoms with E-state index >= 15 is 0 Å². The molecule has 1 heterocycles. The van der Waals surface area contributed by atoms with Gasteiger partial charge in [-0.05, 0) is 30.5 Å². The lowest BCUT2D eigenvalue weighted by Crippen LogP contribution is -2.33. The fourth-order valence-electron chi connectivity index (χ4n) is 2.54. The van der Waals surface area contributed by atoms with Gasteiger partial charge in [0.1, 0.15) is 5.75 Å². The molecule has 0 saturated carbocycles. The molecule has 1 aromatic rings. The fraction of sp³-hybridized carbons (Fsp3) is 0.467. The molecule has 1 fully saturated rings. The van der Waals surface area contributed by atoms with Crippen molar-refractivity contribution in [3.63, 3.8) is 0 Å². The van der Waals surface area contributed by atoms with E-state index in [0.717, 1.165) is 0 Å². The van der Waals surface area contributed by atoms with Gasteiger partial charge in [0.15, 0.2) is 9.84 Å². The summed E-state index contributed by atoms with van der Waals surface area (Å²) in [4.78, 5) is 23.7. The molecule has 1 atom stereocenters. The topological polar surface area (TPSA) is 114 Å². The number of benzene rings is 1. The highest BCUT2D eigenvalue weighted by atomic mass is 32.2. The third-order valence-corrected chi connectivity index (χ3v) is 5.64. The van der Waals surface area contributed by atoms with Gasteiger partial charge in [-0.1, -0.05) is 0 Å². The summed E-state index contributed by atoms with van der Waals surface area (Å²) in [6, 6.07) is 4.26. The van der Waals surface area contributed by atoms with E-state index in [2.05, 4.69) is 16.0 Å². The first-order valence-corrected chi connectivity index (χ1v) is 9.32. The number of carbonyl (C=O) groups is 2. The Morgan fingerprint density at radius 3 is 2.67 bits per heavy atom. The molecule has 1 aliphatic heterocycles. The van der Waals surface area contributed by atoms with Gasteiger partial charge < -0.3 is 20.7 Å². The van der Waals surface area contributed by atoms with Gasteiger partial charge >= 0.3 is 6.03 Å². The van der Waals surface area contributed by atoms with Crippen LogP contribution in [0.15, 0.2) is 18.2 Å². The van der Waals surface area contributed by atoms with Crippen LogP contribution in [0.25, 0.3) is 0 Å². The molecular formula is C15H21N3O5S. The molecule has 1 aliphatic rings. The summed E-state index contributed by atoms with van der Waals surface area (Å²) in [6.45, 7) is 0.295. The van der Waals surface area contributed by atoms with Crippen LogP contribution < -0.4 is 20.7 Å². The molecule has 3 N–H and O–H groups in total. The maximum Gasteiger partial charge on any atom is 0.319 e. The Kier molecular flexibility index (Phi) is 5.66. The maximum absolute atomic E-state index is 11.9. The molecule has 0 radical (unpaired) electrons. The Balaban J connectivity index is 1.95. The first-order chi connectivity index (χ1) is 11.3. The second-order valence-corrected chi connectivity index (χ2v) is 7.83. The van der Waals surface area contributed by atoms with Gasteiger partial charge in [-0.15, -0.1) is 0 Å². The minimum absolute atomic E-state index is 0.0574. The van der Waals surface area contributed by atoms with E-state index in [1.54, 1.807) is 12.1 Å². The van der Waals surface area contributed by atoms with Crippen molar-refractivity contribution in [1.29, 1.82) is 0 Å². The van der Waals surface area contributed by atoms with Crippen LogP contribution in [0.4, 0.5) is 10.5 Å². The van der Waals surface area contributed by atoms with Crippen molar-refractivity contribution < 1.29 is 22.7 Å². The lowest BCUT2D eigenvalue weighted by molar-refractivity contribution is 0.0960. The minimum atomic E-state index is -2.96. The van der Waals surface area contributed by atoms with Gasteiger partial charge in [-0.3, -0.25) is 4.79 Å². The molecule has 2 rings (SSSR count). The van der Waals surface area contributed by atoms with E-state index in [1.807, 2.05) is 0 Å². The molecule has 1 saturated heterocycles. The number of carbonyl (C=O) groups excluding carboxylic acids is 2. The summed E-state index contributed by atoms with van der Waals surface area (Å²) < 4.78 is 27.9. The zero-order valence-corrected chi connectivity index (χ0v) is 14.4.